The molecule has 20 heavy (non-hydrogen) atoms. The van der Waals surface area contributed by atoms with Gasteiger partial charge in [0.15, 0.2) is 0 Å². The molecule has 104 valence electrons. The first-order valence-electron chi connectivity index (χ1n) is 6.68. The highest BCUT2D eigenvalue weighted by atomic mass is 16.2. The standard InChI is InChI=1S/C15H17N3O2/c1-11(19)18(8-7-17-15(20)13-5-6-13)14-4-2-3-12(9-14)10-16/h2-4,9,13H,5-8H2,1H3,(H,17,20). The molecule has 2 rings (SSSR count). The third kappa shape index (κ3) is 3.58. The van der Waals surface area contributed by atoms with Crippen molar-refractivity contribution in [1.29, 1.82) is 5.26 Å². The molecule has 0 unspecified atom stereocenters. The van der Waals surface area contributed by atoms with E-state index in [0.29, 0.717) is 24.3 Å². The van der Waals surface area contributed by atoms with Crippen molar-refractivity contribution in [2.75, 3.05) is 18.0 Å². The van der Waals surface area contributed by atoms with Crippen LogP contribution in [0, 0.1) is 17.2 Å². The maximum Gasteiger partial charge on any atom is 0.223 e. The third-order valence-electron chi connectivity index (χ3n) is 3.25. The Bertz CT molecular complexity index is 558. The molecule has 5 nitrogen and oxygen atoms in total. The van der Waals surface area contributed by atoms with Gasteiger partial charge in [0.05, 0.1) is 11.6 Å². The van der Waals surface area contributed by atoms with Crippen molar-refractivity contribution in [3.63, 3.8) is 0 Å². The first kappa shape index (κ1) is 14.1. The summed E-state index contributed by atoms with van der Waals surface area (Å²) in [4.78, 5) is 24.8. The van der Waals surface area contributed by atoms with Crippen LogP contribution in [0.3, 0.4) is 0 Å². The van der Waals surface area contributed by atoms with Crippen LogP contribution in [0.2, 0.25) is 0 Å². The number of nitrogens with one attached hydrogen (secondary N) is 1. The third-order valence-corrected chi connectivity index (χ3v) is 3.25. The molecule has 0 spiro atoms. The number of carbonyl (C=O) groups is 2. The molecule has 5 heteroatoms. The molecule has 1 aromatic rings. The van der Waals surface area contributed by atoms with Crippen molar-refractivity contribution in [2.45, 2.75) is 19.8 Å². The molecule has 0 atom stereocenters. The average Bonchev–Trinajstić information content (AvgIpc) is 3.27. The summed E-state index contributed by atoms with van der Waals surface area (Å²) in [6.45, 7) is 2.30. The van der Waals surface area contributed by atoms with Crippen LogP contribution in [0.1, 0.15) is 25.3 Å². The number of hydrogen-bond donors (Lipinski definition) is 1. The number of nitrogens with zero attached hydrogens (tertiary/aromatic N) is 2. The second-order valence-corrected chi connectivity index (χ2v) is 4.90. The summed E-state index contributed by atoms with van der Waals surface area (Å²) in [5.74, 6) is 0.128. The van der Waals surface area contributed by atoms with Crippen LogP contribution in [0.4, 0.5) is 5.69 Å². The van der Waals surface area contributed by atoms with Crippen molar-refractivity contribution in [2.24, 2.45) is 5.92 Å². The Labute approximate surface area is 118 Å². The Hall–Kier alpha value is -2.35. The lowest BCUT2D eigenvalue weighted by molar-refractivity contribution is -0.122. The minimum atomic E-state index is -0.110. The summed E-state index contributed by atoms with van der Waals surface area (Å²) in [6, 6.07) is 8.94. The molecule has 1 fully saturated rings. The molecule has 1 aliphatic carbocycles. The minimum absolute atomic E-state index is 0.0688. The normalized spacial score (nSPS) is 13.4. The van der Waals surface area contributed by atoms with E-state index in [-0.39, 0.29) is 17.7 Å². The van der Waals surface area contributed by atoms with E-state index >= 15 is 0 Å². The van der Waals surface area contributed by atoms with Crippen LogP contribution >= 0.6 is 0 Å². The smallest absolute Gasteiger partial charge is 0.223 e. The second kappa shape index (κ2) is 6.20. The number of rotatable bonds is 5. The van der Waals surface area contributed by atoms with Crippen LogP contribution in [0.15, 0.2) is 24.3 Å². The Kier molecular flexibility index (Phi) is 4.36. The molecule has 1 N–H and O–H groups in total. The molecule has 1 saturated carbocycles. The Balaban J connectivity index is 1.97. The van der Waals surface area contributed by atoms with Crippen molar-refractivity contribution in [3.05, 3.63) is 29.8 Å². The fraction of sp³-hybridized carbons (Fsp3) is 0.400. The fourth-order valence-electron chi connectivity index (χ4n) is 1.99. The Morgan fingerprint density at radius 2 is 2.20 bits per heavy atom. The molecule has 0 saturated heterocycles. The van der Waals surface area contributed by atoms with Gasteiger partial charge in [0, 0.05) is 31.6 Å². The van der Waals surface area contributed by atoms with Gasteiger partial charge in [-0.15, -0.1) is 0 Å². The summed E-state index contributed by atoms with van der Waals surface area (Å²) in [5.41, 5.74) is 1.19. The Morgan fingerprint density at radius 3 is 2.80 bits per heavy atom. The van der Waals surface area contributed by atoms with Gasteiger partial charge in [-0.1, -0.05) is 6.07 Å². The van der Waals surface area contributed by atoms with Crippen molar-refractivity contribution in [3.8, 4) is 6.07 Å². The van der Waals surface area contributed by atoms with Crippen LogP contribution in [0.5, 0.6) is 0 Å². The molecular formula is C15H17N3O2. The van der Waals surface area contributed by atoms with Gasteiger partial charge < -0.3 is 10.2 Å². The molecule has 0 aliphatic heterocycles. The van der Waals surface area contributed by atoms with E-state index in [0.717, 1.165) is 12.8 Å². The largest absolute Gasteiger partial charge is 0.354 e. The number of benzene rings is 1. The lowest BCUT2D eigenvalue weighted by Gasteiger charge is -2.21. The van der Waals surface area contributed by atoms with Gasteiger partial charge in [0.25, 0.3) is 0 Å². The van der Waals surface area contributed by atoms with E-state index in [2.05, 4.69) is 11.4 Å². The summed E-state index contributed by atoms with van der Waals surface area (Å²) in [6.07, 6.45) is 1.93. The van der Waals surface area contributed by atoms with Crippen molar-refractivity contribution in [1.82, 2.24) is 5.32 Å². The van der Waals surface area contributed by atoms with E-state index < -0.39 is 0 Å². The highest BCUT2D eigenvalue weighted by Gasteiger charge is 2.29. The minimum Gasteiger partial charge on any atom is -0.354 e. The zero-order valence-corrected chi connectivity index (χ0v) is 11.4. The first-order valence-corrected chi connectivity index (χ1v) is 6.68. The van der Waals surface area contributed by atoms with Crippen LogP contribution in [-0.2, 0) is 9.59 Å². The van der Waals surface area contributed by atoms with Crippen molar-refractivity contribution >= 4 is 17.5 Å². The highest BCUT2D eigenvalue weighted by molar-refractivity contribution is 5.91. The monoisotopic (exact) mass is 271 g/mol. The zero-order valence-electron chi connectivity index (χ0n) is 11.4. The summed E-state index contributed by atoms with van der Waals surface area (Å²) >= 11 is 0. The van der Waals surface area contributed by atoms with Crippen molar-refractivity contribution < 1.29 is 9.59 Å². The van der Waals surface area contributed by atoms with Crippen LogP contribution in [-0.4, -0.2) is 24.9 Å². The SMILES string of the molecule is CC(=O)N(CCNC(=O)C1CC1)c1cccc(C#N)c1. The number of hydrogen-bond acceptors (Lipinski definition) is 3. The summed E-state index contributed by atoms with van der Waals surface area (Å²) in [7, 11) is 0. The van der Waals surface area contributed by atoms with E-state index in [4.69, 9.17) is 5.26 Å². The number of amides is 2. The zero-order chi connectivity index (χ0) is 14.5. The summed E-state index contributed by atoms with van der Waals surface area (Å²) < 4.78 is 0. The lowest BCUT2D eigenvalue weighted by atomic mass is 10.2. The molecule has 0 heterocycles. The molecule has 0 aromatic heterocycles. The van der Waals surface area contributed by atoms with Crippen LogP contribution in [0.25, 0.3) is 0 Å². The maximum absolute atomic E-state index is 11.7. The van der Waals surface area contributed by atoms with Gasteiger partial charge in [0.2, 0.25) is 11.8 Å². The van der Waals surface area contributed by atoms with E-state index in [9.17, 15) is 9.59 Å². The summed E-state index contributed by atoms with van der Waals surface area (Å²) in [5, 5.41) is 11.7. The van der Waals surface area contributed by atoms with E-state index in [1.807, 2.05) is 0 Å². The molecule has 1 aliphatic rings. The van der Waals surface area contributed by atoms with E-state index in [1.54, 1.807) is 29.2 Å². The van der Waals surface area contributed by atoms with Gasteiger partial charge >= 0.3 is 0 Å². The highest BCUT2D eigenvalue weighted by Crippen LogP contribution is 2.28. The molecule has 0 bridgehead atoms. The number of nitriles is 1. The van der Waals surface area contributed by atoms with Gasteiger partial charge in [-0.2, -0.15) is 5.26 Å². The molecular weight excluding hydrogens is 254 g/mol. The van der Waals surface area contributed by atoms with Crippen LogP contribution < -0.4 is 10.2 Å². The first-order chi connectivity index (χ1) is 9.61. The quantitative estimate of drug-likeness (QED) is 0.880. The van der Waals surface area contributed by atoms with Gasteiger partial charge in [-0.05, 0) is 31.0 Å². The van der Waals surface area contributed by atoms with Gasteiger partial charge in [-0.25, -0.2) is 0 Å². The number of carbonyl (C=O) groups excluding carboxylic acids is 2. The predicted molar refractivity (Wildman–Crippen MR) is 74.9 cm³/mol. The molecule has 2 amide bonds. The topological polar surface area (TPSA) is 73.2 Å². The maximum atomic E-state index is 11.7. The number of anilines is 1. The fourth-order valence-corrected chi connectivity index (χ4v) is 1.99. The lowest BCUT2D eigenvalue weighted by Crippen LogP contribution is -2.38. The second-order valence-electron chi connectivity index (χ2n) is 4.90. The average molecular weight is 271 g/mol. The molecule has 0 radical (unpaired) electrons. The Morgan fingerprint density at radius 1 is 1.45 bits per heavy atom. The van der Waals surface area contributed by atoms with Gasteiger partial charge in [0.1, 0.15) is 0 Å². The molecule has 1 aromatic carbocycles. The van der Waals surface area contributed by atoms with E-state index in [1.165, 1.54) is 6.92 Å². The predicted octanol–water partition coefficient (Wildman–Crippen LogP) is 1.44. The van der Waals surface area contributed by atoms with Gasteiger partial charge in [-0.3, -0.25) is 9.59 Å².